The van der Waals surface area contributed by atoms with Crippen molar-refractivity contribution in [2.45, 2.75) is 45.4 Å². The summed E-state index contributed by atoms with van der Waals surface area (Å²) in [5.74, 6) is 1.91. The first-order valence-electron chi connectivity index (χ1n) is 7.28. The van der Waals surface area contributed by atoms with Crippen molar-refractivity contribution in [1.82, 2.24) is 10.2 Å². The second kappa shape index (κ2) is 6.39. The molecule has 3 nitrogen and oxygen atoms in total. The Labute approximate surface area is 105 Å². The predicted octanol–water partition coefficient (Wildman–Crippen LogP) is 2.02. The largest absolute Gasteiger partial charge is 0.342 e. The SMILES string of the molecule is CCC1CCC(=O)N(CC2CCNCC2)CC1. The van der Waals surface area contributed by atoms with Crippen molar-refractivity contribution in [2.24, 2.45) is 11.8 Å². The summed E-state index contributed by atoms with van der Waals surface area (Å²) in [5, 5.41) is 3.39. The van der Waals surface area contributed by atoms with Gasteiger partial charge in [0, 0.05) is 19.5 Å². The van der Waals surface area contributed by atoms with Crippen LogP contribution in [0.1, 0.15) is 45.4 Å². The maximum Gasteiger partial charge on any atom is 0.222 e. The zero-order valence-electron chi connectivity index (χ0n) is 11.1. The van der Waals surface area contributed by atoms with E-state index < -0.39 is 0 Å². The Morgan fingerprint density at radius 2 is 1.94 bits per heavy atom. The van der Waals surface area contributed by atoms with Gasteiger partial charge in [-0.2, -0.15) is 0 Å². The molecule has 0 aromatic heterocycles. The van der Waals surface area contributed by atoms with E-state index in [1.54, 1.807) is 0 Å². The number of hydrogen-bond donors (Lipinski definition) is 1. The lowest BCUT2D eigenvalue weighted by Gasteiger charge is -2.29. The highest BCUT2D eigenvalue weighted by Crippen LogP contribution is 2.23. The lowest BCUT2D eigenvalue weighted by molar-refractivity contribution is -0.131. The number of carbonyl (C=O) groups is 1. The van der Waals surface area contributed by atoms with Crippen LogP contribution in [0.2, 0.25) is 0 Å². The Morgan fingerprint density at radius 1 is 1.18 bits per heavy atom. The first kappa shape index (κ1) is 12.9. The molecule has 17 heavy (non-hydrogen) atoms. The zero-order valence-corrected chi connectivity index (χ0v) is 11.1. The second-order valence-electron chi connectivity index (χ2n) is 5.63. The van der Waals surface area contributed by atoms with Crippen molar-refractivity contribution in [3.05, 3.63) is 0 Å². The van der Waals surface area contributed by atoms with E-state index in [1.807, 2.05) is 0 Å². The van der Waals surface area contributed by atoms with Crippen molar-refractivity contribution in [1.29, 1.82) is 0 Å². The molecule has 98 valence electrons. The van der Waals surface area contributed by atoms with E-state index in [9.17, 15) is 4.79 Å². The van der Waals surface area contributed by atoms with Crippen LogP contribution in [0.15, 0.2) is 0 Å². The van der Waals surface area contributed by atoms with Gasteiger partial charge in [0.2, 0.25) is 5.91 Å². The number of nitrogens with one attached hydrogen (secondary N) is 1. The average Bonchev–Trinajstić information content (AvgIpc) is 2.54. The lowest BCUT2D eigenvalue weighted by atomic mass is 9.97. The molecule has 1 N–H and O–H groups in total. The van der Waals surface area contributed by atoms with Gasteiger partial charge in [0.05, 0.1) is 0 Å². The molecule has 0 aromatic rings. The molecule has 0 spiro atoms. The van der Waals surface area contributed by atoms with Gasteiger partial charge in [0.15, 0.2) is 0 Å². The van der Waals surface area contributed by atoms with E-state index >= 15 is 0 Å². The molecule has 0 aromatic carbocycles. The molecule has 1 amide bonds. The lowest BCUT2D eigenvalue weighted by Crippen LogP contribution is -2.39. The smallest absolute Gasteiger partial charge is 0.222 e. The molecule has 2 aliphatic rings. The Hall–Kier alpha value is -0.570. The molecule has 0 bridgehead atoms. The van der Waals surface area contributed by atoms with E-state index in [-0.39, 0.29) is 0 Å². The van der Waals surface area contributed by atoms with Crippen molar-refractivity contribution in [3.8, 4) is 0 Å². The fraction of sp³-hybridized carbons (Fsp3) is 0.929. The standard InChI is InChI=1S/C14H26N2O/c1-2-12-3-4-14(17)16(10-7-12)11-13-5-8-15-9-6-13/h12-13,15H,2-11H2,1H3. The van der Waals surface area contributed by atoms with Crippen LogP contribution in [-0.2, 0) is 4.79 Å². The van der Waals surface area contributed by atoms with E-state index in [1.165, 1.54) is 25.7 Å². The summed E-state index contributed by atoms with van der Waals surface area (Å²) in [6, 6.07) is 0. The molecular weight excluding hydrogens is 212 g/mol. The molecule has 0 saturated carbocycles. The molecule has 3 heteroatoms. The minimum Gasteiger partial charge on any atom is -0.342 e. The second-order valence-corrected chi connectivity index (χ2v) is 5.63. The van der Waals surface area contributed by atoms with Crippen LogP contribution < -0.4 is 5.32 Å². The number of rotatable bonds is 3. The Morgan fingerprint density at radius 3 is 2.65 bits per heavy atom. The summed E-state index contributed by atoms with van der Waals surface area (Å²) in [7, 11) is 0. The molecule has 2 fully saturated rings. The third-order valence-corrected chi connectivity index (χ3v) is 4.44. The van der Waals surface area contributed by atoms with Gasteiger partial charge < -0.3 is 10.2 Å². The Bertz CT molecular complexity index is 249. The van der Waals surface area contributed by atoms with Crippen LogP contribution >= 0.6 is 0 Å². The minimum atomic E-state index is 0.402. The molecule has 1 atom stereocenters. The fourth-order valence-electron chi connectivity index (χ4n) is 3.07. The number of carbonyl (C=O) groups excluding carboxylic acids is 1. The van der Waals surface area contributed by atoms with Gasteiger partial charge in [-0.1, -0.05) is 13.3 Å². The van der Waals surface area contributed by atoms with Crippen LogP contribution in [0.3, 0.4) is 0 Å². The number of piperidine rings is 1. The van der Waals surface area contributed by atoms with Gasteiger partial charge >= 0.3 is 0 Å². The predicted molar refractivity (Wildman–Crippen MR) is 69.8 cm³/mol. The highest BCUT2D eigenvalue weighted by atomic mass is 16.2. The molecular formula is C14H26N2O. The van der Waals surface area contributed by atoms with Crippen LogP contribution in [-0.4, -0.2) is 37.0 Å². The summed E-state index contributed by atoms with van der Waals surface area (Å²) in [4.78, 5) is 14.2. The maximum absolute atomic E-state index is 12.1. The van der Waals surface area contributed by atoms with Crippen molar-refractivity contribution in [2.75, 3.05) is 26.2 Å². The molecule has 2 heterocycles. The van der Waals surface area contributed by atoms with Gasteiger partial charge in [0.25, 0.3) is 0 Å². The van der Waals surface area contributed by atoms with Gasteiger partial charge in [0.1, 0.15) is 0 Å². The van der Waals surface area contributed by atoms with Crippen molar-refractivity contribution >= 4 is 5.91 Å². The van der Waals surface area contributed by atoms with Crippen LogP contribution in [0.25, 0.3) is 0 Å². The van der Waals surface area contributed by atoms with Gasteiger partial charge in [-0.05, 0) is 50.6 Å². The summed E-state index contributed by atoms with van der Waals surface area (Å²) < 4.78 is 0. The van der Waals surface area contributed by atoms with Crippen molar-refractivity contribution < 1.29 is 4.79 Å². The van der Waals surface area contributed by atoms with E-state index in [2.05, 4.69) is 17.1 Å². The highest BCUT2D eigenvalue weighted by molar-refractivity contribution is 5.76. The minimum absolute atomic E-state index is 0.402. The third-order valence-electron chi connectivity index (χ3n) is 4.44. The molecule has 2 rings (SSSR count). The normalized spacial score (nSPS) is 28.2. The monoisotopic (exact) mass is 238 g/mol. The van der Waals surface area contributed by atoms with Crippen LogP contribution in [0, 0.1) is 11.8 Å². The van der Waals surface area contributed by atoms with E-state index in [4.69, 9.17) is 0 Å². The van der Waals surface area contributed by atoms with Gasteiger partial charge in [-0.3, -0.25) is 4.79 Å². The third kappa shape index (κ3) is 3.70. The summed E-state index contributed by atoms with van der Waals surface area (Å²) in [6.07, 6.45) is 6.81. The van der Waals surface area contributed by atoms with Gasteiger partial charge in [-0.15, -0.1) is 0 Å². The average molecular weight is 238 g/mol. The van der Waals surface area contributed by atoms with E-state index in [0.717, 1.165) is 50.9 Å². The topological polar surface area (TPSA) is 32.3 Å². The number of hydrogen-bond acceptors (Lipinski definition) is 2. The summed E-state index contributed by atoms with van der Waals surface area (Å²) >= 11 is 0. The maximum atomic E-state index is 12.1. The Kier molecular flexibility index (Phi) is 4.84. The van der Waals surface area contributed by atoms with Crippen molar-refractivity contribution in [3.63, 3.8) is 0 Å². The zero-order chi connectivity index (χ0) is 12.1. The summed E-state index contributed by atoms with van der Waals surface area (Å²) in [5.41, 5.74) is 0. The van der Waals surface area contributed by atoms with Crippen LogP contribution in [0.5, 0.6) is 0 Å². The number of nitrogens with zero attached hydrogens (tertiary/aromatic N) is 1. The van der Waals surface area contributed by atoms with E-state index in [0.29, 0.717) is 5.91 Å². The molecule has 2 aliphatic heterocycles. The molecule has 0 aliphatic carbocycles. The number of amides is 1. The van der Waals surface area contributed by atoms with Gasteiger partial charge in [-0.25, -0.2) is 0 Å². The van der Waals surface area contributed by atoms with Crippen LogP contribution in [0.4, 0.5) is 0 Å². The quantitative estimate of drug-likeness (QED) is 0.816. The molecule has 1 unspecified atom stereocenters. The molecule has 0 radical (unpaired) electrons. The first-order valence-corrected chi connectivity index (χ1v) is 7.28. The highest BCUT2D eigenvalue weighted by Gasteiger charge is 2.24. The number of likely N-dealkylation sites (tertiary alicyclic amines) is 1. The first-order chi connectivity index (χ1) is 8.29. The fourth-order valence-corrected chi connectivity index (χ4v) is 3.07. The molecule has 2 saturated heterocycles. The summed E-state index contributed by atoms with van der Waals surface area (Å²) in [6.45, 7) is 6.52. The Balaban J connectivity index is 1.83.